The Balaban J connectivity index is 1.84. The Morgan fingerprint density at radius 1 is 1.21 bits per heavy atom. The maximum atomic E-state index is 14.0. The number of hydrogen-bond acceptors (Lipinski definition) is 6. The maximum absolute atomic E-state index is 14.0. The second-order valence-electron chi connectivity index (χ2n) is 7.93. The first kappa shape index (κ1) is 22.8. The number of amides is 1. The van der Waals surface area contributed by atoms with Gasteiger partial charge in [0.15, 0.2) is 0 Å². The van der Waals surface area contributed by atoms with Crippen LogP contribution in [0.25, 0.3) is 5.76 Å². The molecular weight excluding hydrogens is 429 g/mol. The van der Waals surface area contributed by atoms with E-state index in [9.17, 15) is 19.1 Å². The highest BCUT2D eigenvalue weighted by molar-refractivity contribution is 6.46. The van der Waals surface area contributed by atoms with Gasteiger partial charge in [-0.15, -0.1) is 0 Å². The van der Waals surface area contributed by atoms with Crippen molar-refractivity contribution >= 4 is 17.4 Å². The van der Waals surface area contributed by atoms with Crippen LogP contribution in [-0.4, -0.2) is 54.7 Å². The van der Waals surface area contributed by atoms with Crippen LogP contribution in [0.1, 0.15) is 36.9 Å². The molecule has 0 spiro atoms. The van der Waals surface area contributed by atoms with Crippen molar-refractivity contribution in [1.29, 1.82) is 0 Å². The molecule has 2 aliphatic rings. The molecule has 2 saturated heterocycles. The van der Waals surface area contributed by atoms with Crippen LogP contribution in [-0.2, 0) is 14.3 Å². The van der Waals surface area contributed by atoms with E-state index in [4.69, 9.17) is 14.2 Å². The largest absolute Gasteiger partial charge is 0.507 e. The summed E-state index contributed by atoms with van der Waals surface area (Å²) < 4.78 is 30.5. The average Bonchev–Trinajstić information content (AvgIpc) is 3.42. The molecule has 4 rings (SSSR count). The minimum Gasteiger partial charge on any atom is -0.507 e. The highest BCUT2D eigenvalue weighted by Crippen LogP contribution is 2.42. The minimum atomic E-state index is -0.863. The van der Waals surface area contributed by atoms with E-state index >= 15 is 0 Å². The SMILES string of the molecule is CCOc1ccc(C2/C(=C(\O)c3cc(F)ccc3OC)C(=O)C(=O)N2CC2CCCO2)cc1. The first-order chi connectivity index (χ1) is 15.9. The number of methoxy groups -OCH3 is 1. The fourth-order valence-electron chi connectivity index (χ4n) is 4.35. The second-order valence-corrected chi connectivity index (χ2v) is 7.93. The lowest BCUT2D eigenvalue weighted by Gasteiger charge is -2.27. The molecule has 7 nitrogen and oxygen atoms in total. The van der Waals surface area contributed by atoms with Crippen molar-refractivity contribution in [2.24, 2.45) is 0 Å². The van der Waals surface area contributed by atoms with E-state index in [-0.39, 0.29) is 29.5 Å². The summed E-state index contributed by atoms with van der Waals surface area (Å²) in [6, 6.07) is 9.76. The summed E-state index contributed by atoms with van der Waals surface area (Å²) in [5.74, 6) is -1.84. The number of benzene rings is 2. The molecule has 2 unspecified atom stereocenters. The number of aliphatic hydroxyl groups excluding tert-OH is 1. The van der Waals surface area contributed by atoms with Crippen LogP contribution >= 0.6 is 0 Å². The monoisotopic (exact) mass is 455 g/mol. The van der Waals surface area contributed by atoms with Gasteiger partial charge in [-0.1, -0.05) is 12.1 Å². The first-order valence-corrected chi connectivity index (χ1v) is 10.9. The van der Waals surface area contributed by atoms with Gasteiger partial charge >= 0.3 is 0 Å². The Hall–Kier alpha value is -3.39. The fourth-order valence-corrected chi connectivity index (χ4v) is 4.35. The molecule has 2 atom stereocenters. The van der Waals surface area contributed by atoms with Crippen LogP contribution in [0.5, 0.6) is 11.5 Å². The first-order valence-electron chi connectivity index (χ1n) is 10.9. The van der Waals surface area contributed by atoms with Crippen LogP contribution in [0, 0.1) is 5.82 Å². The summed E-state index contributed by atoms with van der Waals surface area (Å²) in [7, 11) is 1.38. The van der Waals surface area contributed by atoms with Crippen LogP contribution in [0.2, 0.25) is 0 Å². The van der Waals surface area contributed by atoms with Crippen LogP contribution in [0.15, 0.2) is 48.0 Å². The van der Waals surface area contributed by atoms with Crippen molar-refractivity contribution < 1.29 is 33.3 Å². The number of aliphatic hydroxyl groups is 1. The summed E-state index contributed by atoms with van der Waals surface area (Å²) >= 11 is 0. The smallest absolute Gasteiger partial charge is 0.295 e. The summed E-state index contributed by atoms with van der Waals surface area (Å²) in [5.41, 5.74) is 0.502. The number of rotatable bonds is 7. The van der Waals surface area contributed by atoms with Gasteiger partial charge in [0.25, 0.3) is 11.7 Å². The van der Waals surface area contributed by atoms with E-state index in [0.29, 0.717) is 24.5 Å². The van der Waals surface area contributed by atoms with E-state index in [1.807, 2.05) is 6.92 Å². The van der Waals surface area contributed by atoms with Gasteiger partial charge in [-0.05, 0) is 55.7 Å². The molecule has 174 valence electrons. The lowest BCUT2D eigenvalue weighted by Crippen LogP contribution is -2.36. The molecule has 2 fully saturated rings. The molecule has 1 amide bonds. The van der Waals surface area contributed by atoms with Crippen LogP contribution in [0.4, 0.5) is 4.39 Å². The Labute approximate surface area is 191 Å². The number of nitrogens with zero attached hydrogens (tertiary/aromatic N) is 1. The molecule has 0 aromatic heterocycles. The Bertz CT molecular complexity index is 1070. The Morgan fingerprint density at radius 3 is 2.61 bits per heavy atom. The predicted octanol–water partition coefficient (Wildman–Crippen LogP) is 3.83. The van der Waals surface area contributed by atoms with Gasteiger partial charge in [-0.3, -0.25) is 9.59 Å². The maximum Gasteiger partial charge on any atom is 0.295 e. The quantitative estimate of drug-likeness (QED) is 0.388. The molecule has 2 aliphatic heterocycles. The van der Waals surface area contributed by atoms with E-state index in [1.165, 1.54) is 24.1 Å². The predicted molar refractivity (Wildman–Crippen MR) is 119 cm³/mol. The molecule has 0 saturated carbocycles. The van der Waals surface area contributed by atoms with Crippen molar-refractivity contribution in [3.05, 3.63) is 65.0 Å². The summed E-state index contributed by atoms with van der Waals surface area (Å²) in [6.45, 7) is 3.18. The lowest BCUT2D eigenvalue weighted by atomic mass is 9.94. The van der Waals surface area contributed by atoms with E-state index in [0.717, 1.165) is 18.9 Å². The number of carbonyl (C=O) groups is 2. The van der Waals surface area contributed by atoms with Gasteiger partial charge in [0.1, 0.15) is 23.1 Å². The molecule has 33 heavy (non-hydrogen) atoms. The summed E-state index contributed by atoms with van der Waals surface area (Å²) in [6.07, 6.45) is 1.46. The summed E-state index contributed by atoms with van der Waals surface area (Å²) in [4.78, 5) is 27.6. The van der Waals surface area contributed by atoms with Crippen molar-refractivity contribution in [2.45, 2.75) is 31.9 Å². The van der Waals surface area contributed by atoms with Gasteiger partial charge in [-0.25, -0.2) is 4.39 Å². The normalized spacial score (nSPS) is 22.1. The van der Waals surface area contributed by atoms with Crippen LogP contribution in [0.3, 0.4) is 0 Å². The van der Waals surface area contributed by atoms with Gasteiger partial charge in [-0.2, -0.15) is 0 Å². The Morgan fingerprint density at radius 2 is 1.97 bits per heavy atom. The highest BCUT2D eigenvalue weighted by atomic mass is 19.1. The fraction of sp³-hybridized carbons (Fsp3) is 0.360. The van der Waals surface area contributed by atoms with Crippen molar-refractivity contribution in [3.63, 3.8) is 0 Å². The molecule has 0 bridgehead atoms. The molecule has 2 aromatic rings. The van der Waals surface area contributed by atoms with Gasteiger partial charge in [0.05, 0.1) is 37.0 Å². The lowest BCUT2D eigenvalue weighted by molar-refractivity contribution is -0.140. The second kappa shape index (κ2) is 9.62. The molecule has 0 radical (unpaired) electrons. The number of Topliss-reactive ketones (excluding diaryl/α,β-unsaturated/α-hetero) is 1. The third-order valence-electron chi connectivity index (χ3n) is 5.89. The van der Waals surface area contributed by atoms with Crippen molar-refractivity contribution in [3.8, 4) is 11.5 Å². The zero-order valence-corrected chi connectivity index (χ0v) is 18.5. The standard InChI is InChI=1S/C25H26FNO6/c1-3-32-17-9-6-15(7-10-17)22-21(23(28)19-13-16(26)8-11-20(19)31-2)24(29)25(30)27(22)14-18-5-4-12-33-18/h6-11,13,18,22,28H,3-5,12,14H2,1-2H3/b23-21+. The molecule has 8 heteroatoms. The molecule has 0 aliphatic carbocycles. The van der Waals surface area contributed by atoms with Crippen molar-refractivity contribution in [1.82, 2.24) is 4.90 Å². The zero-order chi connectivity index (χ0) is 23.5. The van der Waals surface area contributed by atoms with Crippen LogP contribution < -0.4 is 9.47 Å². The van der Waals surface area contributed by atoms with Gasteiger partial charge in [0, 0.05) is 13.2 Å². The zero-order valence-electron chi connectivity index (χ0n) is 18.5. The van der Waals surface area contributed by atoms with Gasteiger partial charge < -0.3 is 24.2 Å². The Kier molecular flexibility index (Phi) is 6.65. The molecular formula is C25H26FNO6. The topological polar surface area (TPSA) is 85.3 Å². The minimum absolute atomic E-state index is 0.00329. The number of hydrogen-bond donors (Lipinski definition) is 1. The molecule has 2 aromatic carbocycles. The van der Waals surface area contributed by atoms with E-state index < -0.39 is 29.3 Å². The highest BCUT2D eigenvalue weighted by Gasteiger charge is 2.47. The molecule has 2 heterocycles. The third kappa shape index (κ3) is 4.43. The number of carbonyl (C=O) groups excluding carboxylic acids is 2. The molecule has 1 N–H and O–H groups in total. The van der Waals surface area contributed by atoms with E-state index in [1.54, 1.807) is 24.3 Å². The van der Waals surface area contributed by atoms with Crippen molar-refractivity contribution in [2.75, 3.05) is 26.9 Å². The van der Waals surface area contributed by atoms with Gasteiger partial charge in [0.2, 0.25) is 0 Å². The third-order valence-corrected chi connectivity index (χ3v) is 5.89. The summed E-state index contributed by atoms with van der Waals surface area (Å²) in [5, 5.41) is 11.2. The van der Waals surface area contributed by atoms with E-state index in [2.05, 4.69) is 0 Å². The number of ether oxygens (including phenoxy) is 3. The average molecular weight is 455 g/mol. The number of ketones is 1. The number of likely N-dealkylation sites (tertiary alicyclic amines) is 1. The number of halogens is 1.